The average molecular weight is 458 g/mol. The summed E-state index contributed by atoms with van der Waals surface area (Å²) < 4.78 is 0. The molecule has 0 saturated heterocycles. The highest BCUT2D eigenvalue weighted by Gasteiger charge is 2.21. The number of nitrogens with zero attached hydrogens (tertiary/aromatic N) is 1. The second-order valence-electron chi connectivity index (χ2n) is 8.56. The van der Waals surface area contributed by atoms with Crippen LogP contribution in [0, 0.1) is 0 Å². The van der Waals surface area contributed by atoms with Crippen LogP contribution in [0.4, 0.5) is 0 Å². The number of nitrogens with one attached hydrogen (secondary N) is 2. The molecule has 5 nitrogen and oxygen atoms in total. The number of hydrogen-bond donors (Lipinski definition) is 2. The van der Waals surface area contributed by atoms with Gasteiger partial charge in [0.2, 0.25) is 5.91 Å². The molecule has 2 aromatic carbocycles. The van der Waals surface area contributed by atoms with Crippen molar-refractivity contribution in [2.75, 3.05) is 6.54 Å². The second-order valence-corrected chi connectivity index (χ2v) is 9.65. The summed E-state index contributed by atoms with van der Waals surface area (Å²) in [5, 5.41) is 3.81. The van der Waals surface area contributed by atoms with Gasteiger partial charge < -0.3 is 10.3 Å². The van der Waals surface area contributed by atoms with Crippen LogP contribution in [0.3, 0.4) is 0 Å². The van der Waals surface area contributed by atoms with E-state index in [9.17, 15) is 9.59 Å². The molecule has 0 atom stereocenters. The number of thiophene rings is 1. The van der Waals surface area contributed by atoms with Gasteiger partial charge in [0.25, 0.3) is 5.56 Å². The van der Waals surface area contributed by atoms with E-state index < -0.39 is 0 Å². The largest absolute Gasteiger partial charge is 0.356 e. The van der Waals surface area contributed by atoms with Crippen LogP contribution in [0.25, 0.3) is 10.2 Å². The summed E-state index contributed by atoms with van der Waals surface area (Å²) in [6.07, 6.45) is 4.69. The van der Waals surface area contributed by atoms with Crippen LogP contribution in [0.15, 0.2) is 65.5 Å². The normalized spacial score (nSPS) is 12.9. The predicted molar refractivity (Wildman–Crippen MR) is 133 cm³/mol. The van der Waals surface area contributed by atoms with E-state index in [1.165, 1.54) is 21.6 Å². The highest BCUT2D eigenvalue weighted by molar-refractivity contribution is 7.18. The summed E-state index contributed by atoms with van der Waals surface area (Å²) in [5.41, 5.74) is 3.61. The highest BCUT2D eigenvalue weighted by Crippen LogP contribution is 2.34. The minimum atomic E-state index is -0.0663. The Hall–Kier alpha value is -3.25. The summed E-state index contributed by atoms with van der Waals surface area (Å²) in [7, 11) is 0. The zero-order valence-electron chi connectivity index (χ0n) is 18.5. The third kappa shape index (κ3) is 4.76. The molecule has 2 aromatic heterocycles. The van der Waals surface area contributed by atoms with Crippen molar-refractivity contribution in [1.82, 2.24) is 15.3 Å². The van der Waals surface area contributed by atoms with E-state index >= 15 is 0 Å². The number of fused-ring (bicyclic) bond motifs is 3. The Morgan fingerprint density at radius 2 is 1.73 bits per heavy atom. The molecule has 0 aliphatic heterocycles. The van der Waals surface area contributed by atoms with Gasteiger partial charge in [-0.25, -0.2) is 4.98 Å². The first-order valence-corrected chi connectivity index (χ1v) is 12.4. The van der Waals surface area contributed by atoms with Crippen LogP contribution < -0.4 is 10.9 Å². The maximum absolute atomic E-state index is 12.6. The molecule has 5 rings (SSSR count). The fourth-order valence-electron chi connectivity index (χ4n) is 4.74. The Kier molecular flexibility index (Phi) is 6.35. The van der Waals surface area contributed by atoms with Crippen molar-refractivity contribution in [3.05, 3.63) is 98.4 Å². The molecule has 0 spiro atoms. The summed E-state index contributed by atoms with van der Waals surface area (Å²) >= 11 is 1.63. The van der Waals surface area contributed by atoms with Gasteiger partial charge in [-0.2, -0.15) is 0 Å². The molecule has 0 bridgehead atoms. The van der Waals surface area contributed by atoms with E-state index in [2.05, 4.69) is 63.8 Å². The van der Waals surface area contributed by atoms with Gasteiger partial charge in [0.15, 0.2) is 0 Å². The van der Waals surface area contributed by atoms with Crippen LogP contribution >= 0.6 is 11.3 Å². The van der Waals surface area contributed by atoms with Gasteiger partial charge in [-0.15, -0.1) is 11.3 Å². The standard InChI is InChI=1S/C27H27N3O2S/c31-24(15-14-23-29-26(32)25-21-12-7-13-22(21)33-27(25)30-23)28-17-16-20(18-8-3-1-4-9-18)19-10-5-2-6-11-19/h1-6,8-11,20H,7,12-17H2,(H,28,31)(H,29,30,32). The molecular weight excluding hydrogens is 430 g/mol. The topological polar surface area (TPSA) is 74.8 Å². The molecule has 0 unspecified atom stereocenters. The third-order valence-corrected chi connectivity index (χ3v) is 7.56. The van der Waals surface area contributed by atoms with Crippen molar-refractivity contribution in [3.63, 3.8) is 0 Å². The van der Waals surface area contributed by atoms with Crippen molar-refractivity contribution in [2.24, 2.45) is 0 Å². The van der Waals surface area contributed by atoms with E-state index in [-0.39, 0.29) is 17.4 Å². The molecule has 0 saturated carbocycles. The van der Waals surface area contributed by atoms with E-state index in [4.69, 9.17) is 0 Å². The zero-order valence-corrected chi connectivity index (χ0v) is 19.3. The van der Waals surface area contributed by atoms with Gasteiger partial charge in [-0.1, -0.05) is 60.7 Å². The molecule has 168 valence electrons. The Morgan fingerprint density at radius 3 is 2.42 bits per heavy atom. The van der Waals surface area contributed by atoms with Crippen LogP contribution in [-0.2, 0) is 24.1 Å². The lowest BCUT2D eigenvalue weighted by Gasteiger charge is -2.18. The summed E-state index contributed by atoms with van der Waals surface area (Å²) in [4.78, 5) is 34.7. The Balaban J connectivity index is 1.19. The van der Waals surface area contributed by atoms with Crippen molar-refractivity contribution >= 4 is 27.5 Å². The van der Waals surface area contributed by atoms with Crippen LogP contribution in [-0.4, -0.2) is 22.4 Å². The highest BCUT2D eigenvalue weighted by atomic mass is 32.1. The number of hydrogen-bond acceptors (Lipinski definition) is 4. The fourth-order valence-corrected chi connectivity index (χ4v) is 6.02. The molecule has 1 aliphatic carbocycles. The van der Waals surface area contributed by atoms with Crippen molar-refractivity contribution < 1.29 is 4.79 Å². The third-order valence-electron chi connectivity index (χ3n) is 6.37. The maximum Gasteiger partial charge on any atom is 0.259 e. The number of rotatable bonds is 8. The van der Waals surface area contributed by atoms with Gasteiger partial charge in [-0.05, 0) is 42.4 Å². The molecule has 2 N–H and O–H groups in total. The maximum atomic E-state index is 12.6. The summed E-state index contributed by atoms with van der Waals surface area (Å²) in [5.74, 6) is 0.800. The minimum absolute atomic E-state index is 0.0220. The number of carbonyl (C=O) groups is 1. The van der Waals surface area contributed by atoms with E-state index in [1.807, 2.05) is 12.1 Å². The lowest BCUT2D eigenvalue weighted by Crippen LogP contribution is -2.26. The Morgan fingerprint density at radius 1 is 1.03 bits per heavy atom. The van der Waals surface area contributed by atoms with Crippen LogP contribution in [0.1, 0.15) is 52.6 Å². The van der Waals surface area contributed by atoms with Gasteiger partial charge in [-0.3, -0.25) is 9.59 Å². The molecule has 1 aliphatic rings. The first kappa shape index (κ1) is 21.6. The monoisotopic (exact) mass is 457 g/mol. The van der Waals surface area contributed by atoms with Crippen molar-refractivity contribution in [1.29, 1.82) is 0 Å². The lowest BCUT2D eigenvalue weighted by atomic mass is 9.88. The van der Waals surface area contributed by atoms with Crippen molar-refractivity contribution in [3.8, 4) is 0 Å². The molecule has 1 amide bonds. The van der Waals surface area contributed by atoms with Crippen molar-refractivity contribution in [2.45, 2.75) is 44.4 Å². The van der Waals surface area contributed by atoms with Gasteiger partial charge in [0.05, 0.1) is 5.39 Å². The smallest absolute Gasteiger partial charge is 0.259 e. The molecule has 4 aromatic rings. The van der Waals surface area contributed by atoms with Gasteiger partial charge in [0.1, 0.15) is 10.7 Å². The minimum Gasteiger partial charge on any atom is -0.356 e. The number of aromatic nitrogens is 2. The van der Waals surface area contributed by atoms with E-state index in [1.54, 1.807) is 11.3 Å². The average Bonchev–Trinajstić information content (AvgIpc) is 3.43. The summed E-state index contributed by atoms with van der Waals surface area (Å²) in [6, 6.07) is 20.8. The van der Waals surface area contributed by atoms with Crippen LogP contribution in [0.2, 0.25) is 0 Å². The first-order chi connectivity index (χ1) is 16.2. The number of aromatic amines is 1. The molecular formula is C27H27N3O2S. The fraction of sp³-hybridized carbons (Fsp3) is 0.296. The zero-order chi connectivity index (χ0) is 22.6. The first-order valence-electron chi connectivity index (χ1n) is 11.6. The Labute approximate surface area is 196 Å². The number of carbonyl (C=O) groups excluding carboxylic acids is 1. The van der Waals surface area contributed by atoms with E-state index in [0.29, 0.717) is 25.2 Å². The van der Waals surface area contributed by atoms with E-state index in [0.717, 1.165) is 35.9 Å². The predicted octanol–water partition coefficient (Wildman–Crippen LogP) is 4.74. The van der Waals surface area contributed by atoms with Crippen LogP contribution in [0.5, 0.6) is 0 Å². The lowest BCUT2D eigenvalue weighted by molar-refractivity contribution is -0.121. The molecule has 6 heteroatoms. The quantitative estimate of drug-likeness (QED) is 0.401. The van der Waals surface area contributed by atoms with Gasteiger partial charge in [0, 0.05) is 30.2 Å². The number of amides is 1. The SMILES string of the molecule is O=C(CCc1nc2sc3c(c2c(=O)[nH]1)CCC3)NCCC(c1ccccc1)c1ccccc1. The number of H-pyrrole nitrogens is 1. The summed E-state index contributed by atoms with van der Waals surface area (Å²) in [6.45, 7) is 0.591. The molecule has 0 radical (unpaired) electrons. The molecule has 2 heterocycles. The molecule has 0 fully saturated rings. The number of benzene rings is 2. The number of aryl methyl sites for hydroxylation is 3. The van der Waals surface area contributed by atoms with Gasteiger partial charge >= 0.3 is 0 Å². The molecule has 33 heavy (non-hydrogen) atoms. The Bertz CT molecular complexity index is 1270. The second kappa shape index (κ2) is 9.71.